The first kappa shape index (κ1) is 32.1. The third-order valence-electron chi connectivity index (χ3n) is 8.92. The average molecular weight is 659 g/mol. The Morgan fingerprint density at radius 3 is 1.00 bits per heavy atom. The molecule has 7 rings (SSSR count). The van der Waals surface area contributed by atoms with Gasteiger partial charge in [-0.15, -0.1) is 0 Å². The number of benzene rings is 6. The van der Waals surface area contributed by atoms with E-state index in [4.69, 9.17) is 9.98 Å². The largest absolute Gasteiger partial charge is 0.287 e. The Morgan fingerprint density at radius 2 is 0.667 bits per heavy atom. The molecule has 0 aromatic heterocycles. The molecule has 6 aromatic carbocycles. The topological polar surface area (TPSA) is 24.7 Å². The first-order valence-electron chi connectivity index (χ1n) is 16.9. The van der Waals surface area contributed by atoms with Gasteiger partial charge in [-0.25, -0.2) is 0 Å². The van der Waals surface area contributed by atoms with Gasteiger partial charge in [0.05, 0.1) is 12.1 Å². The number of hydrogen-bond donors (Lipinski definition) is 0. The van der Waals surface area contributed by atoms with Crippen molar-refractivity contribution < 1.29 is 0 Å². The Kier molecular flexibility index (Phi) is 10.7. The summed E-state index contributed by atoms with van der Waals surface area (Å²) < 4.78 is 0. The van der Waals surface area contributed by atoms with E-state index in [2.05, 4.69) is 182 Å². The average Bonchev–Trinajstić information content (AvgIpc) is 3.16. The lowest BCUT2D eigenvalue weighted by Gasteiger charge is -2.26. The van der Waals surface area contributed by atoms with Crippen molar-refractivity contribution in [2.24, 2.45) is 9.98 Å². The lowest BCUT2D eigenvalue weighted by Crippen LogP contribution is -2.28. The molecule has 1 aliphatic carbocycles. The van der Waals surface area contributed by atoms with E-state index in [1.165, 1.54) is 55.8 Å². The number of nitrogens with zero attached hydrogens (tertiary/aromatic N) is 2. The van der Waals surface area contributed by atoms with Crippen LogP contribution in [0.1, 0.15) is 36.8 Å². The van der Waals surface area contributed by atoms with Crippen LogP contribution in [0.4, 0.5) is 0 Å². The summed E-state index contributed by atoms with van der Waals surface area (Å²) >= 11 is 0. The highest BCUT2D eigenvalue weighted by atomic mass is 31.1. The summed E-state index contributed by atoms with van der Waals surface area (Å²) in [5.74, 6) is 0. The van der Waals surface area contributed by atoms with E-state index in [-0.39, 0.29) is 12.1 Å². The molecular weight excluding hydrogens is 618 g/mol. The Morgan fingerprint density at radius 1 is 0.375 bits per heavy atom. The van der Waals surface area contributed by atoms with Gasteiger partial charge in [-0.3, -0.25) is 9.98 Å². The highest BCUT2D eigenvalue weighted by Gasteiger charge is 2.25. The molecule has 2 nitrogen and oxygen atoms in total. The summed E-state index contributed by atoms with van der Waals surface area (Å²) in [6, 6.07) is 61.7. The van der Waals surface area contributed by atoms with Crippen LogP contribution in [-0.4, -0.2) is 24.5 Å². The summed E-state index contributed by atoms with van der Waals surface area (Å²) in [5.41, 5.74) is 2.40. The molecular formula is C44H40N2P2. The number of aliphatic imine (C=N–C) groups is 2. The summed E-state index contributed by atoms with van der Waals surface area (Å²) in [5, 5.41) is 8.09. The molecule has 0 heterocycles. The maximum atomic E-state index is 5.31. The summed E-state index contributed by atoms with van der Waals surface area (Å²) in [4.78, 5) is 10.6. The van der Waals surface area contributed by atoms with Crippen molar-refractivity contribution in [2.45, 2.75) is 37.8 Å². The van der Waals surface area contributed by atoms with E-state index >= 15 is 0 Å². The van der Waals surface area contributed by atoms with Crippen LogP contribution in [0, 0.1) is 0 Å². The fourth-order valence-corrected chi connectivity index (χ4v) is 11.4. The van der Waals surface area contributed by atoms with Gasteiger partial charge in [-0.1, -0.05) is 183 Å². The van der Waals surface area contributed by atoms with Gasteiger partial charge in [0.2, 0.25) is 0 Å². The lowest BCUT2D eigenvalue weighted by atomic mass is 9.91. The minimum absolute atomic E-state index is 0.166. The van der Waals surface area contributed by atoms with Crippen molar-refractivity contribution in [3.8, 4) is 0 Å². The summed E-state index contributed by atoms with van der Waals surface area (Å²) in [6.45, 7) is 0. The van der Waals surface area contributed by atoms with Crippen LogP contribution in [0.2, 0.25) is 0 Å². The maximum Gasteiger partial charge on any atom is 0.0723 e. The second-order valence-electron chi connectivity index (χ2n) is 12.1. The molecule has 0 saturated heterocycles. The zero-order chi connectivity index (χ0) is 32.4. The van der Waals surface area contributed by atoms with Crippen LogP contribution >= 0.6 is 15.8 Å². The Bertz CT molecular complexity index is 1720. The molecule has 0 aliphatic heterocycles. The van der Waals surface area contributed by atoms with Crippen molar-refractivity contribution in [3.05, 3.63) is 181 Å². The van der Waals surface area contributed by atoms with E-state index in [1.54, 1.807) is 0 Å². The van der Waals surface area contributed by atoms with Gasteiger partial charge in [-0.05, 0) is 60.5 Å². The highest BCUT2D eigenvalue weighted by molar-refractivity contribution is 7.80. The minimum Gasteiger partial charge on any atom is -0.287 e. The second-order valence-corrected chi connectivity index (χ2v) is 16.5. The zero-order valence-electron chi connectivity index (χ0n) is 27.1. The molecule has 236 valence electrons. The van der Waals surface area contributed by atoms with E-state index in [9.17, 15) is 0 Å². The van der Waals surface area contributed by atoms with E-state index < -0.39 is 15.8 Å². The lowest BCUT2D eigenvalue weighted by molar-refractivity contribution is 0.390. The van der Waals surface area contributed by atoms with Gasteiger partial charge >= 0.3 is 0 Å². The Balaban J connectivity index is 1.19. The molecule has 2 atom stereocenters. The number of rotatable bonds is 10. The van der Waals surface area contributed by atoms with Crippen LogP contribution in [-0.2, 0) is 0 Å². The van der Waals surface area contributed by atoms with Gasteiger partial charge in [0.25, 0.3) is 0 Å². The highest BCUT2D eigenvalue weighted by Crippen LogP contribution is 2.35. The predicted octanol–water partition coefficient (Wildman–Crippen LogP) is 8.05. The Hall–Kier alpha value is -4.48. The Labute approximate surface area is 287 Å². The minimum atomic E-state index is -0.712. The molecule has 0 spiro atoms. The monoisotopic (exact) mass is 658 g/mol. The molecule has 0 radical (unpaired) electrons. The molecule has 1 saturated carbocycles. The van der Waals surface area contributed by atoms with Crippen LogP contribution in [0.15, 0.2) is 180 Å². The molecule has 1 aliphatic rings. The van der Waals surface area contributed by atoms with Crippen LogP contribution in [0.5, 0.6) is 0 Å². The van der Waals surface area contributed by atoms with Crippen molar-refractivity contribution in [1.82, 2.24) is 0 Å². The zero-order valence-corrected chi connectivity index (χ0v) is 28.9. The van der Waals surface area contributed by atoms with Crippen molar-refractivity contribution >= 4 is 60.1 Å². The van der Waals surface area contributed by atoms with Crippen LogP contribution in [0.25, 0.3) is 0 Å². The van der Waals surface area contributed by atoms with Crippen LogP contribution in [0.3, 0.4) is 0 Å². The van der Waals surface area contributed by atoms with E-state index in [0.717, 1.165) is 12.8 Å². The van der Waals surface area contributed by atoms with Crippen LogP contribution < -0.4 is 31.8 Å². The summed E-state index contributed by atoms with van der Waals surface area (Å²) in [7, 11) is -1.42. The quantitative estimate of drug-likeness (QED) is 0.105. The fourth-order valence-electron chi connectivity index (χ4n) is 6.55. The van der Waals surface area contributed by atoms with Gasteiger partial charge in [0, 0.05) is 23.6 Å². The van der Waals surface area contributed by atoms with Gasteiger partial charge in [0.1, 0.15) is 0 Å². The second kappa shape index (κ2) is 16.1. The third kappa shape index (κ3) is 7.63. The van der Waals surface area contributed by atoms with Gasteiger partial charge < -0.3 is 0 Å². The summed E-state index contributed by atoms with van der Waals surface area (Å²) in [6.07, 6.45) is 8.81. The molecule has 0 bridgehead atoms. The SMILES string of the molecule is C(=N[C@H]1CCCC[C@@H]1N=Cc1ccccc1P(c1ccccc1)c1ccccc1)c1ccccc1P(c1ccccc1)c1ccccc1. The smallest absolute Gasteiger partial charge is 0.0723 e. The molecule has 1 fully saturated rings. The van der Waals surface area contributed by atoms with Gasteiger partial charge in [0.15, 0.2) is 0 Å². The normalized spacial score (nSPS) is 16.6. The van der Waals surface area contributed by atoms with Gasteiger partial charge in [-0.2, -0.15) is 0 Å². The first-order chi connectivity index (χ1) is 23.8. The van der Waals surface area contributed by atoms with E-state index in [1.807, 2.05) is 0 Å². The first-order valence-corrected chi connectivity index (χ1v) is 19.6. The molecule has 0 N–H and O–H groups in total. The van der Waals surface area contributed by atoms with Crippen molar-refractivity contribution in [3.63, 3.8) is 0 Å². The molecule has 48 heavy (non-hydrogen) atoms. The predicted molar refractivity (Wildman–Crippen MR) is 212 cm³/mol. The molecule has 0 unspecified atom stereocenters. The third-order valence-corrected chi connectivity index (χ3v) is 14.0. The molecule has 0 amide bonds. The van der Waals surface area contributed by atoms with Crippen molar-refractivity contribution in [1.29, 1.82) is 0 Å². The fraction of sp³-hybridized carbons (Fsp3) is 0.136. The van der Waals surface area contributed by atoms with E-state index in [0.29, 0.717) is 0 Å². The maximum absolute atomic E-state index is 5.31. The van der Waals surface area contributed by atoms with Crippen molar-refractivity contribution in [2.75, 3.05) is 0 Å². The standard InChI is InChI=1S/C44H40N2P2/c1-5-21-37(22-6-1)47(38-23-7-2-8-24-38)43-31-17-13-19-35(43)33-45-41-29-15-16-30-42(41)46-34-36-20-14-18-32-44(36)48(39-25-9-3-10-26-39)40-27-11-4-12-28-40/h1-14,17-28,31-34,41-42H,15-16,29-30H2/t41-,42-/m0/s1. The number of hydrogen-bond acceptors (Lipinski definition) is 2. The molecule has 4 heteroatoms. The molecule has 6 aromatic rings.